The van der Waals surface area contributed by atoms with Gasteiger partial charge in [-0.25, -0.2) is 4.79 Å². The average Bonchev–Trinajstić information content (AvgIpc) is 3.04. The van der Waals surface area contributed by atoms with Crippen LogP contribution >= 0.6 is 0 Å². The van der Waals surface area contributed by atoms with Gasteiger partial charge in [0.1, 0.15) is 0 Å². The number of aromatic carboxylic acids is 1. The van der Waals surface area contributed by atoms with E-state index in [9.17, 15) is 9.59 Å². The van der Waals surface area contributed by atoms with Crippen LogP contribution in [-0.2, 0) is 9.47 Å². The van der Waals surface area contributed by atoms with E-state index in [1.54, 1.807) is 0 Å². The van der Waals surface area contributed by atoms with Gasteiger partial charge >= 0.3 is 5.97 Å². The highest BCUT2D eigenvalue weighted by atomic mass is 16.5. The normalized spacial score (nSPS) is 17.4. The van der Waals surface area contributed by atoms with Crippen molar-refractivity contribution in [2.24, 2.45) is 0 Å². The maximum Gasteiger partial charge on any atom is 0.335 e. The molecule has 1 amide bonds. The van der Waals surface area contributed by atoms with Crippen molar-refractivity contribution in [1.82, 2.24) is 5.32 Å². The fourth-order valence-corrected chi connectivity index (χ4v) is 2.23. The van der Waals surface area contributed by atoms with Gasteiger partial charge in [0.15, 0.2) is 0 Å². The summed E-state index contributed by atoms with van der Waals surface area (Å²) in [6.07, 6.45) is 3.11. The van der Waals surface area contributed by atoms with Gasteiger partial charge in [0.05, 0.1) is 18.3 Å². The number of carbonyl (C=O) groups excluding carboxylic acids is 1. The van der Waals surface area contributed by atoms with Gasteiger partial charge in [0, 0.05) is 25.3 Å². The highest BCUT2D eigenvalue weighted by Gasteiger charge is 2.15. The summed E-state index contributed by atoms with van der Waals surface area (Å²) < 4.78 is 11.0. The fourth-order valence-electron chi connectivity index (χ4n) is 2.23. The van der Waals surface area contributed by atoms with E-state index in [1.807, 2.05) is 0 Å². The van der Waals surface area contributed by atoms with E-state index in [-0.39, 0.29) is 17.6 Å². The Morgan fingerprint density at radius 1 is 1.27 bits per heavy atom. The quantitative estimate of drug-likeness (QED) is 0.714. The fraction of sp³-hybridized carbons (Fsp3) is 0.500. The molecule has 1 atom stereocenters. The van der Waals surface area contributed by atoms with E-state index in [4.69, 9.17) is 14.6 Å². The molecular formula is C16H21NO5. The molecule has 120 valence electrons. The SMILES string of the molecule is O=C(O)c1ccc(C(=O)NCCCOCC2CCCO2)cc1. The van der Waals surface area contributed by atoms with Gasteiger partial charge in [-0.1, -0.05) is 0 Å². The molecule has 1 aromatic rings. The molecule has 0 spiro atoms. The van der Waals surface area contributed by atoms with Gasteiger partial charge in [-0.2, -0.15) is 0 Å². The minimum absolute atomic E-state index is 0.166. The first-order valence-electron chi connectivity index (χ1n) is 7.47. The lowest BCUT2D eigenvalue weighted by Gasteiger charge is -2.10. The molecule has 2 rings (SSSR count). The first kappa shape index (κ1) is 16.5. The van der Waals surface area contributed by atoms with Crippen molar-refractivity contribution < 1.29 is 24.2 Å². The van der Waals surface area contributed by atoms with E-state index in [1.165, 1.54) is 24.3 Å². The lowest BCUT2D eigenvalue weighted by atomic mass is 10.1. The van der Waals surface area contributed by atoms with Gasteiger partial charge < -0.3 is 19.9 Å². The summed E-state index contributed by atoms with van der Waals surface area (Å²) in [7, 11) is 0. The number of benzene rings is 1. The Bertz CT molecular complexity index is 494. The molecule has 1 aliphatic heterocycles. The number of hydrogen-bond acceptors (Lipinski definition) is 4. The predicted octanol–water partition coefficient (Wildman–Crippen LogP) is 1.70. The Hall–Kier alpha value is -1.92. The van der Waals surface area contributed by atoms with Crippen molar-refractivity contribution in [2.75, 3.05) is 26.4 Å². The van der Waals surface area contributed by atoms with Crippen LogP contribution in [0.15, 0.2) is 24.3 Å². The number of carboxylic acids is 1. The number of amides is 1. The van der Waals surface area contributed by atoms with Gasteiger partial charge in [0.2, 0.25) is 0 Å². The number of hydrogen-bond donors (Lipinski definition) is 2. The maximum absolute atomic E-state index is 11.8. The molecule has 1 heterocycles. The third-order valence-corrected chi connectivity index (χ3v) is 3.47. The zero-order valence-electron chi connectivity index (χ0n) is 12.4. The predicted molar refractivity (Wildman–Crippen MR) is 80.1 cm³/mol. The van der Waals surface area contributed by atoms with Crippen LogP contribution in [-0.4, -0.2) is 49.5 Å². The Morgan fingerprint density at radius 3 is 2.64 bits per heavy atom. The average molecular weight is 307 g/mol. The van der Waals surface area contributed by atoms with Gasteiger partial charge in [0.25, 0.3) is 5.91 Å². The second kappa shape index (κ2) is 8.51. The highest BCUT2D eigenvalue weighted by Crippen LogP contribution is 2.11. The smallest absolute Gasteiger partial charge is 0.335 e. The number of carbonyl (C=O) groups is 2. The van der Waals surface area contributed by atoms with Gasteiger partial charge in [-0.3, -0.25) is 4.79 Å². The largest absolute Gasteiger partial charge is 0.478 e. The highest BCUT2D eigenvalue weighted by molar-refractivity contribution is 5.95. The Morgan fingerprint density at radius 2 is 2.00 bits per heavy atom. The second-order valence-electron chi connectivity index (χ2n) is 5.20. The molecular weight excluding hydrogens is 286 g/mol. The molecule has 0 aromatic heterocycles. The lowest BCUT2D eigenvalue weighted by molar-refractivity contribution is 0.0166. The van der Waals surface area contributed by atoms with Gasteiger partial charge in [-0.05, 0) is 43.5 Å². The number of nitrogens with one attached hydrogen (secondary N) is 1. The minimum Gasteiger partial charge on any atom is -0.478 e. The number of carboxylic acid groups (broad SMARTS) is 1. The van der Waals surface area contributed by atoms with Crippen molar-refractivity contribution in [3.8, 4) is 0 Å². The van der Waals surface area contributed by atoms with Crippen molar-refractivity contribution >= 4 is 11.9 Å². The summed E-state index contributed by atoms with van der Waals surface area (Å²) in [5.41, 5.74) is 0.615. The molecule has 0 bridgehead atoms. The van der Waals surface area contributed by atoms with Crippen LogP contribution in [0.4, 0.5) is 0 Å². The van der Waals surface area contributed by atoms with E-state index < -0.39 is 5.97 Å². The van der Waals surface area contributed by atoms with Crippen LogP contribution in [0.1, 0.15) is 40.0 Å². The monoisotopic (exact) mass is 307 g/mol. The first-order valence-corrected chi connectivity index (χ1v) is 7.47. The maximum atomic E-state index is 11.8. The third kappa shape index (κ3) is 5.13. The molecule has 0 aliphatic carbocycles. The molecule has 6 nitrogen and oxygen atoms in total. The molecule has 0 radical (unpaired) electrons. The first-order chi connectivity index (χ1) is 10.7. The van der Waals surface area contributed by atoms with E-state index in [2.05, 4.69) is 5.32 Å². The molecule has 22 heavy (non-hydrogen) atoms. The van der Waals surface area contributed by atoms with Crippen LogP contribution < -0.4 is 5.32 Å². The van der Waals surface area contributed by atoms with Crippen LogP contribution in [0.2, 0.25) is 0 Å². The minimum atomic E-state index is -1.00. The van der Waals surface area contributed by atoms with E-state index >= 15 is 0 Å². The Balaban J connectivity index is 1.59. The van der Waals surface area contributed by atoms with E-state index in [0.29, 0.717) is 25.3 Å². The molecule has 1 saturated heterocycles. The lowest BCUT2D eigenvalue weighted by Crippen LogP contribution is -2.25. The summed E-state index contributed by atoms with van der Waals surface area (Å²) in [4.78, 5) is 22.6. The van der Waals surface area contributed by atoms with Crippen molar-refractivity contribution in [2.45, 2.75) is 25.4 Å². The van der Waals surface area contributed by atoms with Crippen molar-refractivity contribution in [1.29, 1.82) is 0 Å². The van der Waals surface area contributed by atoms with Crippen molar-refractivity contribution in [3.05, 3.63) is 35.4 Å². The molecule has 2 N–H and O–H groups in total. The Kier molecular flexibility index (Phi) is 6.36. The summed E-state index contributed by atoms with van der Waals surface area (Å²) in [6.45, 7) is 2.54. The van der Waals surface area contributed by atoms with Crippen LogP contribution in [0, 0.1) is 0 Å². The molecule has 6 heteroatoms. The van der Waals surface area contributed by atoms with Gasteiger partial charge in [-0.15, -0.1) is 0 Å². The Labute approximate surface area is 129 Å². The summed E-state index contributed by atoms with van der Waals surface area (Å²) in [5.74, 6) is -1.22. The van der Waals surface area contributed by atoms with Crippen LogP contribution in [0.3, 0.4) is 0 Å². The summed E-state index contributed by atoms with van der Waals surface area (Å²) >= 11 is 0. The molecule has 1 aliphatic rings. The van der Waals surface area contributed by atoms with Crippen molar-refractivity contribution in [3.63, 3.8) is 0 Å². The van der Waals surface area contributed by atoms with E-state index in [0.717, 1.165) is 25.9 Å². The zero-order valence-corrected chi connectivity index (χ0v) is 12.4. The molecule has 0 saturated carbocycles. The standard InChI is InChI=1S/C16H21NO5/c18-15(12-4-6-13(7-5-12)16(19)20)17-8-2-9-21-11-14-3-1-10-22-14/h4-7,14H,1-3,8-11H2,(H,17,18)(H,19,20). The number of ether oxygens (including phenoxy) is 2. The summed E-state index contributed by atoms with van der Waals surface area (Å²) in [6, 6.07) is 5.85. The molecule has 1 aromatic carbocycles. The van der Waals surface area contributed by atoms with Crippen LogP contribution in [0.25, 0.3) is 0 Å². The molecule has 1 unspecified atom stereocenters. The molecule has 1 fully saturated rings. The van der Waals surface area contributed by atoms with Crippen LogP contribution in [0.5, 0.6) is 0 Å². The number of rotatable bonds is 8. The second-order valence-corrected chi connectivity index (χ2v) is 5.20. The third-order valence-electron chi connectivity index (χ3n) is 3.47. The summed E-state index contributed by atoms with van der Waals surface area (Å²) in [5, 5.41) is 11.6. The zero-order chi connectivity index (χ0) is 15.8. The topological polar surface area (TPSA) is 84.9 Å².